The average Bonchev–Trinajstić information content (AvgIpc) is 2.84. The molecule has 0 radical (unpaired) electrons. The highest BCUT2D eigenvalue weighted by Crippen LogP contribution is 2.44. The molecule has 192 valence electrons. The smallest absolute Gasteiger partial charge is 0.497 e. The molecule has 36 heavy (non-hydrogen) atoms. The minimum absolute atomic E-state index is 0.354. The van der Waals surface area contributed by atoms with Crippen molar-refractivity contribution < 1.29 is 34.9 Å². The Hall–Kier alpha value is -3.11. The topological polar surface area (TPSA) is 55.8 Å². The van der Waals surface area contributed by atoms with Gasteiger partial charge in [0.15, 0.2) is 0 Å². The molecule has 10 heteroatoms. The van der Waals surface area contributed by atoms with Gasteiger partial charge in [0.2, 0.25) is 0 Å². The second-order valence-electron chi connectivity index (χ2n) is 8.73. The lowest BCUT2D eigenvalue weighted by Crippen LogP contribution is -2.43. The Kier molecular flexibility index (Phi) is 7.28. The van der Waals surface area contributed by atoms with E-state index in [1.807, 2.05) is 30.3 Å². The van der Waals surface area contributed by atoms with Gasteiger partial charge in [0.05, 0.1) is 7.11 Å². The van der Waals surface area contributed by atoms with E-state index >= 15 is 0 Å². The van der Waals surface area contributed by atoms with Gasteiger partial charge in [-0.15, -0.1) is 0 Å². The fourth-order valence-corrected chi connectivity index (χ4v) is 5.10. The van der Waals surface area contributed by atoms with Gasteiger partial charge in [-0.1, -0.05) is 42.5 Å². The number of piperidine rings is 1. The highest BCUT2D eigenvalue weighted by molar-refractivity contribution is 7.88. The summed E-state index contributed by atoms with van der Waals surface area (Å²) >= 11 is 0. The molecular formula is C26H25F4NO4S. The van der Waals surface area contributed by atoms with Gasteiger partial charge < -0.3 is 8.92 Å². The molecule has 0 bridgehead atoms. The summed E-state index contributed by atoms with van der Waals surface area (Å²) in [5.41, 5.74) is -3.63. The molecule has 0 aromatic heterocycles. The number of methoxy groups -OCH3 is 1. The molecule has 3 aromatic carbocycles. The number of benzene rings is 3. The van der Waals surface area contributed by atoms with Crippen molar-refractivity contribution in [3.8, 4) is 11.5 Å². The van der Waals surface area contributed by atoms with Crippen molar-refractivity contribution in [2.24, 2.45) is 0 Å². The summed E-state index contributed by atoms with van der Waals surface area (Å²) in [7, 11) is -4.33. The van der Waals surface area contributed by atoms with Crippen LogP contribution in [-0.2, 0) is 22.1 Å². The van der Waals surface area contributed by atoms with E-state index < -0.39 is 32.6 Å². The van der Waals surface area contributed by atoms with Crippen molar-refractivity contribution >= 4 is 10.1 Å². The first kappa shape index (κ1) is 26.0. The van der Waals surface area contributed by atoms with Crippen molar-refractivity contribution in [3.05, 3.63) is 95.3 Å². The van der Waals surface area contributed by atoms with Gasteiger partial charge in [0, 0.05) is 18.0 Å². The number of ether oxygens (including phenoxy) is 1. The molecule has 0 saturated carbocycles. The molecule has 0 atom stereocenters. The third-order valence-corrected chi connectivity index (χ3v) is 7.49. The van der Waals surface area contributed by atoms with Crippen LogP contribution in [0.5, 0.6) is 11.5 Å². The predicted octanol–water partition coefficient (Wildman–Crippen LogP) is 5.64. The maximum absolute atomic E-state index is 14.5. The largest absolute Gasteiger partial charge is 0.534 e. The lowest BCUT2D eigenvalue weighted by Gasteiger charge is -2.43. The molecule has 5 nitrogen and oxygen atoms in total. The number of likely N-dealkylation sites (tertiary alicyclic amines) is 1. The van der Waals surface area contributed by atoms with Gasteiger partial charge in [-0.3, -0.25) is 4.90 Å². The van der Waals surface area contributed by atoms with Gasteiger partial charge >= 0.3 is 15.6 Å². The average molecular weight is 524 g/mol. The zero-order valence-electron chi connectivity index (χ0n) is 19.5. The Morgan fingerprint density at radius 1 is 0.889 bits per heavy atom. The monoisotopic (exact) mass is 523 g/mol. The highest BCUT2D eigenvalue weighted by Gasteiger charge is 2.48. The number of alkyl halides is 3. The fourth-order valence-electron chi connectivity index (χ4n) is 4.64. The van der Waals surface area contributed by atoms with Crippen LogP contribution in [0.25, 0.3) is 0 Å². The first-order valence-electron chi connectivity index (χ1n) is 11.2. The number of halogens is 4. The Labute approximate surface area is 207 Å². The summed E-state index contributed by atoms with van der Waals surface area (Å²) in [6.45, 7) is 2.13. The van der Waals surface area contributed by atoms with Gasteiger partial charge in [0.25, 0.3) is 0 Å². The van der Waals surface area contributed by atoms with Crippen LogP contribution in [0.15, 0.2) is 72.8 Å². The van der Waals surface area contributed by atoms with Crippen LogP contribution in [0.4, 0.5) is 17.6 Å². The summed E-state index contributed by atoms with van der Waals surface area (Å²) in [6.07, 6.45) is 1.21. The molecule has 3 aromatic rings. The second-order valence-corrected chi connectivity index (χ2v) is 10.3. The standard InChI is InChI=1S/C26H25F4NO4S/c1-34-24-16-21(15-22(27)17-24)25(11-13-31(14-12-25)18-19-5-3-2-4-6-19)20-7-9-23(10-8-20)35-36(32,33)26(28,29)30/h2-10,15-17H,11-14,18H2,1H3. The third-order valence-electron chi connectivity index (χ3n) is 6.51. The van der Waals surface area contributed by atoms with E-state index in [9.17, 15) is 26.0 Å². The van der Waals surface area contributed by atoms with Gasteiger partial charge in [-0.2, -0.15) is 21.6 Å². The van der Waals surface area contributed by atoms with Crippen LogP contribution in [0, 0.1) is 5.82 Å². The lowest BCUT2D eigenvalue weighted by atomic mass is 9.68. The van der Waals surface area contributed by atoms with Crippen LogP contribution in [0.1, 0.15) is 29.5 Å². The first-order chi connectivity index (χ1) is 17.0. The van der Waals surface area contributed by atoms with Crippen molar-refractivity contribution in [2.75, 3.05) is 20.2 Å². The van der Waals surface area contributed by atoms with E-state index in [0.29, 0.717) is 42.8 Å². The Bertz CT molecular complexity index is 1290. The lowest BCUT2D eigenvalue weighted by molar-refractivity contribution is -0.0500. The van der Waals surface area contributed by atoms with Gasteiger partial charge in [0.1, 0.15) is 17.3 Å². The molecule has 0 N–H and O–H groups in total. The Morgan fingerprint density at radius 3 is 2.11 bits per heavy atom. The van der Waals surface area contributed by atoms with Gasteiger partial charge in [-0.25, -0.2) is 4.39 Å². The molecule has 4 rings (SSSR count). The van der Waals surface area contributed by atoms with Crippen LogP contribution in [0.3, 0.4) is 0 Å². The highest BCUT2D eigenvalue weighted by atomic mass is 32.2. The van der Waals surface area contributed by atoms with Crippen LogP contribution < -0.4 is 8.92 Å². The molecule has 1 fully saturated rings. The van der Waals surface area contributed by atoms with E-state index in [4.69, 9.17) is 4.74 Å². The minimum atomic E-state index is -5.78. The molecule has 1 saturated heterocycles. The van der Waals surface area contributed by atoms with Crippen molar-refractivity contribution in [1.29, 1.82) is 0 Å². The third kappa shape index (κ3) is 5.49. The second kappa shape index (κ2) is 10.1. The molecule has 0 aliphatic carbocycles. The summed E-state index contributed by atoms with van der Waals surface area (Å²) in [4.78, 5) is 2.29. The van der Waals surface area contributed by atoms with E-state index in [1.165, 1.54) is 49.1 Å². The molecule has 0 spiro atoms. The zero-order chi connectivity index (χ0) is 26.0. The number of rotatable bonds is 7. The minimum Gasteiger partial charge on any atom is -0.497 e. The van der Waals surface area contributed by atoms with Crippen LogP contribution >= 0.6 is 0 Å². The maximum atomic E-state index is 14.5. The number of hydrogen-bond acceptors (Lipinski definition) is 5. The van der Waals surface area contributed by atoms with Crippen molar-refractivity contribution in [1.82, 2.24) is 4.90 Å². The number of hydrogen-bond donors (Lipinski definition) is 0. The molecular weight excluding hydrogens is 498 g/mol. The van der Waals surface area contributed by atoms with E-state index in [1.54, 1.807) is 6.07 Å². The van der Waals surface area contributed by atoms with E-state index in [-0.39, 0.29) is 0 Å². The number of nitrogens with zero attached hydrogens (tertiary/aromatic N) is 1. The summed E-state index contributed by atoms with van der Waals surface area (Å²) in [5.74, 6) is -0.566. The molecule has 1 aliphatic rings. The molecule has 0 amide bonds. The SMILES string of the molecule is COc1cc(F)cc(C2(c3ccc(OS(=O)(=O)C(F)(F)F)cc3)CCN(Cc3ccccc3)CC2)c1. The van der Waals surface area contributed by atoms with E-state index in [2.05, 4.69) is 9.08 Å². The van der Waals surface area contributed by atoms with Crippen LogP contribution in [-0.4, -0.2) is 39.0 Å². The van der Waals surface area contributed by atoms with Crippen molar-refractivity contribution in [2.45, 2.75) is 30.3 Å². The summed E-state index contributed by atoms with van der Waals surface area (Å²) in [6, 6.07) is 19.9. The summed E-state index contributed by atoms with van der Waals surface area (Å²) in [5, 5.41) is 0. The molecule has 0 unspecified atom stereocenters. The normalized spacial score (nSPS) is 16.5. The molecule has 1 heterocycles. The summed E-state index contributed by atoms with van der Waals surface area (Å²) < 4.78 is 84.9. The Balaban J connectivity index is 1.65. The first-order valence-corrected chi connectivity index (χ1v) is 12.7. The fraction of sp³-hybridized carbons (Fsp3) is 0.308. The zero-order valence-corrected chi connectivity index (χ0v) is 20.3. The predicted molar refractivity (Wildman–Crippen MR) is 127 cm³/mol. The van der Waals surface area contributed by atoms with E-state index in [0.717, 1.165) is 6.54 Å². The maximum Gasteiger partial charge on any atom is 0.534 e. The molecule has 1 aliphatic heterocycles. The van der Waals surface area contributed by atoms with Gasteiger partial charge in [-0.05, 0) is 66.9 Å². The van der Waals surface area contributed by atoms with Crippen molar-refractivity contribution in [3.63, 3.8) is 0 Å². The van der Waals surface area contributed by atoms with Crippen LogP contribution in [0.2, 0.25) is 0 Å². The quantitative estimate of drug-likeness (QED) is 0.228. The Morgan fingerprint density at radius 2 is 1.53 bits per heavy atom.